The lowest BCUT2D eigenvalue weighted by Gasteiger charge is -2.08. The number of aryl methyl sites for hydroxylation is 2. The maximum Gasteiger partial charge on any atom is 0.118 e. The summed E-state index contributed by atoms with van der Waals surface area (Å²) in [6.07, 6.45) is 0.764. The lowest BCUT2D eigenvalue weighted by Crippen LogP contribution is -1.92. The van der Waals surface area contributed by atoms with E-state index in [0.29, 0.717) is 5.75 Å². The van der Waals surface area contributed by atoms with Crippen LogP contribution in [0.2, 0.25) is 0 Å². The molecule has 2 aromatic carbocycles. The van der Waals surface area contributed by atoms with E-state index < -0.39 is 0 Å². The van der Waals surface area contributed by atoms with Gasteiger partial charge in [0.1, 0.15) is 11.5 Å². The second kappa shape index (κ2) is 4.50. The lowest BCUT2D eigenvalue weighted by molar-refractivity contribution is 0.470. The zero-order valence-corrected chi connectivity index (χ0v) is 10.1. The first-order chi connectivity index (χ1) is 8.06. The molecule has 2 rings (SSSR count). The molecule has 0 fully saturated rings. The van der Waals surface area contributed by atoms with Crippen molar-refractivity contribution in [1.29, 1.82) is 0 Å². The predicted octanol–water partition coefficient (Wildman–Crippen LogP) is 3.31. The van der Waals surface area contributed by atoms with Crippen LogP contribution in [0.15, 0.2) is 36.4 Å². The van der Waals surface area contributed by atoms with Gasteiger partial charge >= 0.3 is 0 Å². The zero-order chi connectivity index (χ0) is 12.4. The summed E-state index contributed by atoms with van der Waals surface area (Å²) in [4.78, 5) is 0. The third kappa shape index (κ3) is 2.59. The monoisotopic (exact) mass is 228 g/mol. The zero-order valence-electron chi connectivity index (χ0n) is 10.1. The van der Waals surface area contributed by atoms with Crippen LogP contribution in [0.3, 0.4) is 0 Å². The Kier molecular flexibility index (Phi) is 3.05. The highest BCUT2D eigenvalue weighted by atomic mass is 16.3. The van der Waals surface area contributed by atoms with Gasteiger partial charge in [0.2, 0.25) is 0 Å². The number of rotatable bonds is 2. The van der Waals surface area contributed by atoms with Crippen LogP contribution in [-0.2, 0) is 6.42 Å². The summed E-state index contributed by atoms with van der Waals surface area (Å²) in [5, 5.41) is 19.0. The summed E-state index contributed by atoms with van der Waals surface area (Å²) in [5.41, 5.74) is 4.18. The average molecular weight is 228 g/mol. The molecule has 0 heterocycles. The van der Waals surface area contributed by atoms with Gasteiger partial charge in [-0.3, -0.25) is 0 Å². The number of benzene rings is 2. The van der Waals surface area contributed by atoms with Crippen LogP contribution in [0.4, 0.5) is 0 Å². The number of hydrogen-bond donors (Lipinski definition) is 2. The van der Waals surface area contributed by atoms with E-state index in [1.807, 2.05) is 32.0 Å². The Bertz CT molecular complexity index is 545. The molecule has 0 spiro atoms. The summed E-state index contributed by atoms with van der Waals surface area (Å²) in [6, 6.07) is 11.1. The minimum atomic E-state index is 0.290. The Morgan fingerprint density at radius 2 is 1.65 bits per heavy atom. The molecule has 88 valence electrons. The summed E-state index contributed by atoms with van der Waals surface area (Å²) in [7, 11) is 0. The third-order valence-corrected chi connectivity index (χ3v) is 2.99. The molecule has 0 amide bonds. The molecule has 2 N–H and O–H groups in total. The smallest absolute Gasteiger partial charge is 0.118 e. The van der Waals surface area contributed by atoms with Gasteiger partial charge in [-0.1, -0.05) is 18.2 Å². The van der Waals surface area contributed by atoms with Crippen LogP contribution in [0, 0.1) is 13.8 Å². The van der Waals surface area contributed by atoms with E-state index in [-0.39, 0.29) is 5.75 Å². The van der Waals surface area contributed by atoms with Crippen molar-refractivity contribution in [3.8, 4) is 11.5 Å². The number of phenols is 2. The average Bonchev–Trinajstić information content (AvgIpc) is 2.27. The van der Waals surface area contributed by atoms with Crippen LogP contribution in [0.25, 0.3) is 0 Å². The Morgan fingerprint density at radius 1 is 0.882 bits per heavy atom. The molecule has 17 heavy (non-hydrogen) atoms. The van der Waals surface area contributed by atoms with E-state index in [1.165, 1.54) is 0 Å². The van der Waals surface area contributed by atoms with Gasteiger partial charge in [0.25, 0.3) is 0 Å². The van der Waals surface area contributed by atoms with E-state index in [2.05, 4.69) is 0 Å². The Hall–Kier alpha value is -1.96. The van der Waals surface area contributed by atoms with Crippen molar-refractivity contribution >= 4 is 0 Å². The molecular weight excluding hydrogens is 212 g/mol. The van der Waals surface area contributed by atoms with E-state index >= 15 is 0 Å². The molecule has 2 nitrogen and oxygen atoms in total. The van der Waals surface area contributed by atoms with Gasteiger partial charge in [-0.25, -0.2) is 0 Å². The molecule has 0 aliphatic carbocycles. The standard InChI is InChI=1S/C15H16O2/c1-10-3-4-12(9-15(10)17)8-13-5-6-14(16)7-11(13)2/h3-7,9,16-17H,8H2,1-2H3. The molecular formula is C15H16O2. The number of aromatic hydroxyl groups is 2. The summed E-state index contributed by atoms with van der Waals surface area (Å²) in [5.74, 6) is 0.622. The highest BCUT2D eigenvalue weighted by molar-refractivity contribution is 5.41. The quantitative estimate of drug-likeness (QED) is 0.828. The molecule has 0 aliphatic heterocycles. The third-order valence-electron chi connectivity index (χ3n) is 2.99. The first-order valence-corrected chi connectivity index (χ1v) is 5.63. The van der Waals surface area contributed by atoms with Gasteiger partial charge in [0.15, 0.2) is 0 Å². The highest BCUT2D eigenvalue weighted by Crippen LogP contribution is 2.22. The number of phenolic OH excluding ortho intramolecular Hbond substituents is 2. The SMILES string of the molecule is Cc1ccc(Cc2ccc(O)cc2C)cc1O. The molecule has 0 saturated carbocycles. The minimum Gasteiger partial charge on any atom is -0.508 e. The largest absolute Gasteiger partial charge is 0.508 e. The molecule has 0 atom stereocenters. The molecule has 0 saturated heterocycles. The molecule has 2 heteroatoms. The fourth-order valence-corrected chi connectivity index (χ4v) is 1.86. The molecule has 0 radical (unpaired) electrons. The van der Waals surface area contributed by atoms with E-state index in [0.717, 1.165) is 28.7 Å². The highest BCUT2D eigenvalue weighted by Gasteiger charge is 2.03. The molecule has 0 aliphatic rings. The predicted molar refractivity (Wildman–Crippen MR) is 68.5 cm³/mol. The van der Waals surface area contributed by atoms with Crippen molar-refractivity contribution in [2.75, 3.05) is 0 Å². The van der Waals surface area contributed by atoms with Crippen molar-refractivity contribution in [2.24, 2.45) is 0 Å². The van der Waals surface area contributed by atoms with Crippen LogP contribution in [0.1, 0.15) is 22.3 Å². The van der Waals surface area contributed by atoms with Gasteiger partial charge in [-0.15, -0.1) is 0 Å². The van der Waals surface area contributed by atoms with Gasteiger partial charge in [-0.2, -0.15) is 0 Å². The Balaban J connectivity index is 2.28. The Morgan fingerprint density at radius 3 is 2.29 bits per heavy atom. The maximum atomic E-state index is 9.65. The van der Waals surface area contributed by atoms with E-state index in [1.54, 1.807) is 18.2 Å². The van der Waals surface area contributed by atoms with Crippen LogP contribution >= 0.6 is 0 Å². The van der Waals surface area contributed by atoms with Crippen molar-refractivity contribution in [3.63, 3.8) is 0 Å². The van der Waals surface area contributed by atoms with Crippen LogP contribution in [0.5, 0.6) is 11.5 Å². The second-order valence-electron chi connectivity index (χ2n) is 4.41. The first kappa shape index (κ1) is 11.5. The van der Waals surface area contributed by atoms with Crippen molar-refractivity contribution in [3.05, 3.63) is 58.7 Å². The minimum absolute atomic E-state index is 0.290. The van der Waals surface area contributed by atoms with E-state index in [9.17, 15) is 10.2 Å². The van der Waals surface area contributed by atoms with Crippen molar-refractivity contribution < 1.29 is 10.2 Å². The maximum absolute atomic E-state index is 9.65. The normalized spacial score (nSPS) is 10.5. The summed E-state index contributed by atoms with van der Waals surface area (Å²) < 4.78 is 0. The van der Waals surface area contributed by atoms with E-state index in [4.69, 9.17) is 0 Å². The van der Waals surface area contributed by atoms with Crippen molar-refractivity contribution in [2.45, 2.75) is 20.3 Å². The molecule has 2 aromatic rings. The summed E-state index contributed by atoms with van der Waals surface area (Å²) in [6.45, 7) is 3.86. The first-order valence-electron chi connectivity index (χ1n) is 5.63. The van der Waals surface area contributed by atoms with Gasteiger partial charge < -0.3 is 10.2 Å². The molecule has 0 aromatic heterocycles. The van der Waals surface area contributed by atoms with Gasteiger partial charge in [0.05, 0.1) is 0 Å². The Labute approximate surface area is 101 Å². The fraction of sp³-hybridized carbons (Fsp3) is 0.200. The topological polar surface area (TPSA) is 40.5 Å². The fourth-order valence-electron chi connectivity index (χ4n) is 1.86. The van der Waals surface area contributed by atoms with Crippen LogP contribution < -0.4 is 0 Å². The molecule has 0 bridgehead atoms. The van der Waals surface area contributed by atoms with Crippen molar-refractivity contribution in [1.82, 2.24) is 0 Å². The van der Waals surface area contributed by atoms with Gasteiger partial charge in [-0.05, 0) is 60.7 Å². The lowest BCUT2D eigenvalue weighted by atomic mass is 9.99. The van der Waals surface area contributed by atoms with Gasteiger partial charge in [0, 0.05) is 0 Å². The summed E-state index contributed by atoms with van der Waals surface area (Å²) >= 11 is 0. The second-order valence-corrected chi connectivity index (χ2v) is 4.41. The number of hydrogen-bond acceptors (Lipinski definition) is 2. The van der Waals surface area contributed by atoms with Crippen LogP contribution in [-0.4, -0.2) is 10.2 Å². The molecule has 0 unspecified atom stereocenters.